The molecule has 0 aliphatic carbocycles. The molecule has 0 spiro atoms. The van der Waals surface area contributed by atoms with E-state index >= 15 is 0 Å². The molecule has 0 saturated carbocycles. The first kappa shape index (κ1) is 20.1. The molecule has 1 heterocycles. The van der Waals surface area contributed by atoms with Gasteiger partial charge in [-0.15, -0.1) is 0 Å². The number of nitrogens with zero attached hydrogens (tertiary/aromatic N) is 2. The largest absolute Gasteiger partial charge is 0.497 e. The third-order valence-corrected chi connectivity index (χ3v) is 5.68. The van der Waals surface area contributed by atoms with Gasteiger partial charge in [0.25, 0.3) is 5.56 Å². The summed E-state index contributed by atoms with van der Waals surface area (Å²) in [5.41, 5.74) is 1.07. The second-order valence-corrected chi connectivity index (χ2v) is 8.07. The summed E-state index contributed by atoms with van der Waals surface area (Å²) in [5.74, 6) is 0.441. The maximum Gasteiger partial charge on any atom is 0.266 e. The monoisotopic (exact) mass is 419 g/mol. The van der Waals surface area contributed by atoms with Gasteiger partial charge in [-0.25, -0.2) is 17.8 Å². The van der Waals surface area contributed by atoms with Crippen molar-refractivity contribution in [2.45, 2.75) is 11.4 Å². The Kier molecular flexibility index (Phi) is 6.13. The molecular formula is C19H18ClN3O4S. The van der Waals surface area contributed by atoms with Crippen LogP contribution in [-0.2, 0) is 16.6 Å². The van der Waals surface area contributed by atoms with Crippen molar-refractivity contribution in [2.24, 2.45) is 0 Å². The number of benzene rings is 2. The molecule has 0 amide bonds. The second-order valence-electron chi connectivity index (χ2n) is 5.86. The molecule has 0 radical (unpaired) electrons. The number of sulfonamides is 1. The average Bonchev–Trinajstić information content (AvgIpc) is 2.70. The van der Waals surface area contributed by atoms with Crippen molar-refractivity contribution in [3.8, 4) is 17.0 Å². The van der Waals surface area contributed by atoms with Gasteiger partial charge in [0, 0.05) is 29.3 Å². The Labute approximate surface area is 167 Å². The van der Waals surface area contributed by atoms with Gasteiger partial charge in [-0.1, -0.05) is 29.8 Å². The number of ether oxygens (including phenoxy) is 1. The van der Waals surface area contributed by atoms with Crippen LogP contribution in [0.3, 0.4) is 0 Å². The summed E-state index contributed by atoms with van der Waals surface area (Å²) >= 11 is 5.89. The molecule has 0 aliphatic heterocycles. The minimum atomic E-state index is -3.73. The lowest BCUT2D eigenvalue weighted by Crippen LogP contribution is -2.32. The van der Waals surface area contributed by atoms with Gasteiger partial charge in [0.1, 0.15) is 5.75 Å². The minimum absolute atomic E-state index is 0.0104. The van der Waals surface area contributed by atoms with E-state index in [0.29, 0.717) is 16.5 Å². The molecule has 0 atom stereocenters. The molecule has 0 aliphatic rings. The first-order valence-corrected chi connectivity index (χ1v) is 10.2. The van der Waals surface area contributed by atoms with E-state index in [2.05, 4.69) is 9.82 Å². The molecule has 1 aromatic heterocycles. The van der Waals surface area contributed by atoms with Crippen molar-refractivity contribution >= 4 is 21.6 Å². The normalized spacial score (nSPS) is 11.4. The highest BCUT2D eigenvalue weighted by atomic mass is 35.5. The fraction of sp³-hybridized carbons (Fsp3) is 0.158. The van der Waals surface area contributed by atoms with Crippen molar-refractivity contribution in [2.75, 3.05) is 13.7 Å². The number of nitrogens with one attached hydrogen (secondary N) is 1. The quantitative estimate of drug-likeness (QED) is 0.635. The van der Waals surface area contributed by atoms with Crippen molar-refractivity contribution in [3.63, 3.8) is 0 Å². The van der Waals surface area contributed by atoms with Crippen molar-refractivity contribution in [3.05, 3.63) is 76.0 Å². The Morgan fingerprint density at radius 3 is 2.57 bits per heavy atom. The number of aromatic nitrogens is 2. The van der Waals surface area contributed by atoms with Crippen molar-refractivity contribution in [1.29, 1.82) is 0 Å². The van der Waals surface area contributed by atoms with E-state index in [1.807, 2.05) is 0 Å². The minimum Gasteiger partial charge on any atom is -0.497 e. The molecule has 146 valence electrons. The standard InChI is InChI=1S/C19H18ClN3O4S/c1-27-16-3-2-4-17(13-16)28(25,26)21-11-12-23-19(24)10-9-18(22-23)14-5-7-15(20)8-6-14/h2-10,13,21H,11-12H2,1H3. The van der Waals surface area contributed by atoms with Gasteiger partial charge in [-0.2, -0.15) is 5.10 Å². The molecule has 0 saturated heterocycles. The summed E-state index contributed by atoms with van der Waals surface area (Å²) in [5, 5.41) is 4.90. The van der Waals surface area contributed by atoms with Crippen LogP contribution in [0.5, 0.6) is 5.75 Å². The Balaban J connectivity index is 1.73. The van der Waals surface area contributed by atoms with Crippen LogP contribution in [0.15, 0.2) is 70.4 Å². The Bertz CT molecular complexity index is 1130. The van der Waals surface area contributed by atoms with E-state index in [1.54, 1.807) is 42.5 Å². The van der Waals surface area contributed by atoms with Gasteiger partial charge < -0.3 is 4.74 Å². The first-order valence-electron chi connectivity index (χ1n) is 8.37. The van der Waals surface area contributed by atoms with E-state index in [4.69, 9.17) is 16.3 Å². The zero-order valence-corrected chi connectivity index (χ0v) is 16.6. The smallest absolute Gasteiger partial charge is 0.266 e. The van der Waals surface area contributed by atoms with Gasteiger partial charge in [0.15, 0.2) is 0 Å². The van der Waals surface area contributed by atoms with Gasteiger partial charge in [0.2, 0.25) is 10.0 Å². The molecule has 0 fully saturated rings. The molecule has 28 heavy (non-hydrogen) atoms. The predicted molar refractivity (Wildman–Crippen MR) is 107 cm³/mol. The number of hydrogen-bond acceptors (Lipinski definition) is 5. The summed E-state index contributed by atoms with van der Waals surface area (Å²) < 4.78 is 33.6. The van der Waals surface area contributed by atoms with Crippen LogP contribution in [0, 0.1) is 0 Å². The molecule has 9 heteroatoms. The van der Waals surface area contributed by atoms with Gasteiger partial charge in [0.05, 0.1) is 24.2 Å². The predicted octanol–water partition coefficient (Wildman–Crippen LogP) is 2.55. The topological polar surface area (TPSA) is 90.3 Å². The lowest BCUT2D eigenvalue weighted by atomic mass is 10.1. The number of methoxy groups -OCH3 is 1. The summed E-state index contributed by atoms with van der Waals surface area (Å²) in [6.45, 7) is 0.0972. The Morgan fingerprint density at radius 2 is 1.86 bits per heavy atom. The van der Waals surface area contributed by atoms with Crippen LogP contribution >= 0.6 is 11.6 Å². The van der Waals surface area contributed by atoms with E-state index in [0.717, 1.165) is 5.56 Å². The molecule has 7 nitrogen and oxygen atoms in total. The average molecular weight is 420 g/mol. The van der Waals surface area contributed by atoms with Crippen LogP contribution in [0.4, 0.5) is 0 Å². The van der Waals surface area contributed by atoms with Crippen LogP contribution in [-0.4, -0.2) is 31.9 Å². The summed E-state index contributed by atoms with van der Waals surface area (Å²) in [7, 11) is -2.27. The number of halogens is 1. The second kappa shape index (κ2) is 8.55. The highest BCUT2D eigenvalue weighted by Gasteiger charge is 2.14. The van der Waals surface area contributed by atoms with E-state index in [9.17, 15) is 13.2 Å². The maximum atomic E-state index is 12.4. The van der Waals surface area contributed by atoms with Gasteiger partial charge in [-0.05, 0) is 30.3 Å². The highest BCUT2D eigenvalue weighted by Crippen LogP contribution is 2.18. The summed E-state index contributed by atoms with van der Waals surface area (Å²) in [4.78, 5) is 12.1. The Hall–Kier alpha value is -2.68. The zero-order valence-electron chi connectivity index (χ0n) is 15.0. The Morgan fingerprint density at radius 1 is 1.11 bits per heavy atom. The number of hydrogen-bond donors (Lipinski definition) is 1. The van der Waals surface area contributed by atoms with E-state index in [1.165, 1.54) is 30.0 Å². The van der Waals surface area contributed by atoms with Gasteiger partial charge in [-0.3, -0.25) is 4.79 Å². The molecule has 3 aromatic rings. The SMILES string of the molecule is COc1cccc(S(=O)(=O)NCCn2nc(-c3ccc(Cl)cc3)ccc2=O)c1. The van der Waals surface area contributed by atoms with Crippen LogP contribution in [0.25, 0.3) is 11.3 Å². The zero-order chi connectivity index (χ0) is 20.1. The molecule has 0 unspecified atom stereocenters. The lowest BCUT2D eigenvalue weighted by Gasteiger charge is -2.10. The van der Waals surface area contributed by atoms with Crippen LogP contribution in [0.2, 0.25) is 5.02 Å². The molecular weight excluding hydrogens is 402 g/mol. The molecule has 0 bridgehead atoms. The highest BCUT2D eigenvalue weighted by molar-refractivity contribution is 7.89. The van der Waals surface area contributed by atoms with Gasteiger partial charge >= 0.3 is 0 Å². The van der Waals surface area contributed by atoms with Crippen molar-refractivity contribution < 1.29 is 13.2 Å². The summed E-state index contributed by atoms with van der Waals surface area (Å²) in [6.07, 6.45) is 0. The van der Waals surface area contributed by atoms with Crippen molar-refractivity contribution in [1.82, 2.24) is 14.5 Å². The summed E-state index contributed by atoms with van der Waals surface area (Å²) in [6, 6.07) is 16.2. The van der Waals surface area contributed by atoms with E-state index in [-0.39, 0.29) is 23.5 Å². The fourth-order valence-corrected chi connectivity index (χ4v) is 3.70. The number of rotatable bonds is 7. The maximum absolute atomic E-state index is 12.4. The molecule has 2 aromatic carbocycles. The third-order valence-electron chi connectivity index (χ3n) is 3.97. The molecule has 1 N–H and O–H groups in total. The fourth-order valence-electron chi connectivity index (χ4n) is 2.52. The van der Waals surface area contributed by atoms with E-state index < -0.39 is 10.0 Å². The molecule has 3 rings (SSSR count). The lowest BCUT2D eigenvalue weighted by molar-refractivity contribution is 0.413. The third kappa shape index (κ3) is 4.78. The van der Waals surface area contributed by atoms with Crippen LogP contribution < -0.4 is 15.0 Å². The van der Waals surface area contributed by atoms with Crippen LogP contribution in [0.1, 0.15) is 0 Å². The first-order chi connectivity index (χ1) is 13.4.